The first-order chi connectivity index (χ1) is 9.94. The van der Waals surface area contributed by atoms with Crippen LogP contribution in [0.15, 0.2) is 34.7 Å². The van der Waals surface area contributed by atoms with E-state index >= 15 is 0 Å². The van der Waals surface area contributed by atoms with E-state index in [0.29, 0.717) is 6.42 Å². The third kappa shape index (κ3) is 4.17. The molecule has 0 spiro atoms. The molecule has 2 rings (SSSR count). The van der Waals surface area contributed by atoms with Gasteiger partial charge in [-0.25, -0.2) is 18.1 Å². The lowest BCUT2D eigenvalue weighted by Crippen LogP contribution is -2.28. The Kier molecular flexibility index (Phi) is 5.62. The molecule has 0 fully saturated rings. The number of rotatable bonds is 6. The van der Waals surface area contributed by atoms with Gasteiger partial charge in [0.05, 0.1) is 11.1 Å². The monoisotopic (exact) mass is 364 g/mol. The largest absolute Gasteiger partial charge is 0.242 e. The van der Waals surface area contributed by atoms with E-state index in [9.17, 15) is 8.42 Å². The molecule has 0 saturated carbocycles. The summed E-state index contributed by atoms with van der Waals surface area (Å²) in [7, 11) is -3.70. The number of nitrogens with zero attached hydrogens (tertiary/aromatic N) is 1. The molecule has 0 radical (unpaired) electrons. The van der Waals surface area contributed by atoms with Crippen molar-refractivity contribution < 1.29 is 8.42 Å². The molecule has 2 heterocycles. The van der Waals surface area contributed by atoms with Crippen LogP contribution in [0.2, 0.25) is 10.2 Å². The normalized spacial score (nSPS) is 13.3. The number of thiophene rings is 1. The maximum absolute atomic E-state index is 12.4. The second-order valence-electron chi connectivity index (χ2n) is 4.42. The van der Waals surface area contributed by atoms with Crippen LogP contribution in [-0.4, -0.2) is 13.4 Å². The van der Waals surface area contributed by atoms with Crippen LogP contribution in [-0.2, 0) is 10.0 Å². The predicted octanol–water partition coefficient (Wildman–Crippen LogP) is 4.27. The molecule has 1 unspecified atom stereocenters. The molecule has 114 valence electrons. The summed E-state index contributed by atoms with van der Waals surface area (Å²) in [5, 5.41) is 2.12. The second-order valence-corrected chi connectivity index (χ2v) is 7.88. The van der Waals surface area contributed by atoms with Gasteiger partial charge in [-0.15, -0.1) is 11.3 Å². The van der Waals surface area contributed by atoms with E-state index in [1.807, 2.05) is 24.4 Å². The van der Waals surface area contributed by atoms with Gasteiger partial charge in [0.2, 0.25) is 10.0 Å². The first-order valence-electron chi connectivity index (χ1n) is 6.31. The van der Waals surface area contributed by atoms with E-state index in [1.54, 1.807) is 0 Å². The summed E-state index contributed by atoms with van der Waals surface area (Å²) in [5.41, 5.74) is 0. The van der Waals surface area contributed by atoms with Crippen molar-refractivity contribution in [2.75, 3.05) is 0 Å². The van der Waals surface area contributed by atoms with Gasteiger partial charge in [-0.2, -0.15) is 0 Å². The number of sulfonamides is 1. The second kappa shape index (κ2) is 7.07. The molecule has 1 N–H and O–H groups in total. The molecular formula is C13H14Cl2N2O2S2. The van der Waals surface area contributed by atoms with Gasteiger partial charge < -0.3 is 0 Å². The van der Waals surface area contributed by atoms with Crippen LogP contribution in [0.1, 0.15) is 30.7 Å². The van der Waals surface area contributed by atoms with Crippen LogP contribution < -0.4 is 4.72 Å². The van der Waals surface area contributed by atoms with E-state index in [-0.39, 0.29) is 21.1 Å². The van der Waals surface area contributed by atoms with Gasteiger partial charge in [0.15, 0.2) is 0 Å². The Morgan fingerprint density at radius 1 is 1.43 bits per heavy atom. The van der Waals surface area contributed by atoms with Crippen LogP contribution in [0.5, 0.6) is 0 Å². The lowest BCUT2D eigenvalue weighted by molar-refractivity contribution is 0.540. The predicted molar refractivity (Wildman–Crippen MR) is 86.5 cm³/mol. The highest BCUT2D eigenvalue weighted by molar-refractivity contribution is 7.89. The van der Waals surface area contributed by atoms with Gasteiger partial charge in [0.1, 0.15) is 10.0 Å². The number of halogens is 2. The molecule has 8 heteroatoms. The van der Waals surface area contributed by atoms with Gasteiger partial charge in [-0.3, -0.25) is 0 Å². The lowest BCUT2D eigenvalue weighted by atomic mass is 10.1. The Morgan fingerprint density at radius 2 is 2.19 bits per heavy atom. The Bertz CT molecular complexity index is 703. The number of aromatic nitrogens is 1. The van der Waals surface area contributed by atoms with Crippen LogP contribution in [0.25, 0.3) is 0 Å². The molecular weight excluding hydrogens is 351 g/mol. The standard InChI is InChI=1S/C13H14Cl2N2O2S2/c1-2-4-11(12-5-3-6-20-12)17-21(18,19)9-7-10(14)13(15)16-8-9/h3,5-8,11,17H,2,4H2,1H3. The molecule has 0 amide bonds. The molecule has 0 saturated heterocycles. The summed E-state index contributed by atoms with van der Waals surface area (Å²) in [5.74, 6) is 0. The molecule has 21 heavy (non-hydrogen) atoms. The molecule has 2 aromatic rings. The average Bonchev–Trinajstić information content (AvgIpc) is 2.95. The van der Waals surface area contributed by atoms with Crippen molar-refractivity contribution in [3.8, 4) is 0 Å². The van der Waals surface area contributed by atoms with E-state index in [0.717, 1.165) is 11.3 Å². The van der Waals surface area contributed by atoms with Crippen LogP contribution in [0.3, 0.4) is 0 Å². The van der Waals surface area contributed by atoms with Gasteiger partial charge in [0, 0.05) is 11.1 Å². The highest BCUT2D eigenvalue weighted by Crippen LogP contribution is 2.27. The number of hydrogen-bond acceptors (Lipinski definition) is 4. The summed E-state index contributed by atoms with van der Waals surface area (Å²) in [6.45, 7) is 2.01. The smallest absolute Gasteiger partial charge is 0.242 e. The molecule has 4 nitrogen and oxygen atoms in total. The lowest BCUT2D eigenvalue weighted by Gasteiger charge is -2.17. The molecule has 0 aromatic carbocycles. The van der Waals surface area contributed by atoms with Gasteiger partial charge in [-0.05, 0) is 23.9 Å². The highest BCUT2D eigenvalue weighted by atomic mass is 35.5. The summed E-state index contributed by atoms with van der Waals surface area (Å²) >= 11 is 13.1. The quantitative estimate of drug-likeness (QED) is 0.778. The Labute approximate surface area is 138 Å². The van der Waals surface area contributed by atoms with Gasteiger partial charge >= 0.3 is 0 Å². The molecule has 0 bridgehead atoms. The van der Waals surface area contributed by atoms with Crippen molar-refractivity contribution in [2.24, 2.45) is 0 Å². The van der Waals surface area contributed by atoms with Crippen LogP contribution in [0, 0.1) is 0 Å². The third-order valence-electron chi connectivity index (χ3n) is 2.84. The van der Waals surface area contributed by atoms with Gasteiger partial charge in [0.25, 0.3) is 0 Å². The topological polar surface area (TPSA) is 59.1 Å². The van der Waals surface area contributed by atoms with E-state index in [2.05, 4.69) is 9.71 Å². The van der Waals surface area contributed by atoms with Crippen molar-refractivity contribution in [1.82, 2.24) is 9.71 Å². The Morgan fingerprint density at radius 3 is 2.76 bits per heavy atom. The number of hydrogen-bond donors (Lipinski definition) is 1. The fourth-order valence-corrected chi connectivity index (χ4v) is 4.28. The SMILES string of the molecule is CCCC(NS(=O)(=O)c1cnc(Cl)c(Cl)c1)c1cccs1. The van der Waals surface area contributed by atoms with Crippen LogP contribution >= 0.6 is 34.5 Å². The first kappa shape index (κ1) is 16.7. The number of pyridine rings is 1. The zero-order valence-electron chi connectivity index (χ0n) is 11.2. The zero-order chi connectivity index (χ0) is 15.5. The van der Waals surface area contributed by atoms with Crippen molar-refractivity contribution in [3.05, 3.63) is 44.8 Å². The zero-order valence-corrected chi connectivity index (χ0v) is 14.4. The highest BCUT2D eigenvalue weighted by Gasteiger charge is 2.22. The minimum atomic E-state index is -3.70. The van der Waals surface area contributed by atoms with Crippen molar-refractivity contribution in [1.29, 1.82) is 0 Å². The molecule has 0 aliphatic carbocycles. The fourth-order valence-electron chi connectivity index (χ4n) is 1.84. The Hall–Kier alpha value is -0.660. The molecule has 0 aliphatic heterocycles. The minimum Gasteiger partial charge on any atom is -0.242 e. The Balaban J connectivity index is 2.28. The summed E-state index contributed by atoms with van der Waals surface area (Å²) < 4.78 is 27.6. The molecule has 0 aliphatic rings. The fraction of sp³-hybridized carbons (Fsp3) is 0.308. The average molecular weight is 365 g/mol. The summed E-state index contributed by atoms with van der Waals surface area (Å²) in [6, 6.07) is 4.86. The third-order valence-corrected chi connectivity index (χ3v) is 5.95. The minimum absolute atomic E-state index is 0.00885. The maximum Gasteiger partial charge on any atom is 0.242 e. The summed E-state index contributed by atoms with van der Waals surface area (Å²) in [6.07, 6.45) is 2.78. The maximum atomic E-state index is 12.4. The van der Waals surface area contributed by atoms with Crippen molar-refractivity contribution in [3.63, 3.8) is 0 Å². The molecule has 1 atom stereocenters. The van der Waals surface area contributed by atoms with Crippen LogP contribution in [0.4, 0.5) is 0 Å². The first-order valence-corrected chi connectivity index (χ1v) is 9.42. The number of nitrogens with one attached hydrogen (secondary N) is 1. The molecule has 2 aromatic heterocycles. The summed E-state index contributed by atoms with van der Waals surface area (Å²) in [4.78, 5) is 4.77. The van der Waals surface area contributed by atoms with E-state index in [4.69, 9.17) is 23.2 Å². The van der Waals surface area contributed by atoms with E-state index in [1.165, 1.54) is 23.6 Å². The van der Waals surface area contributed by atoms with Crippen molar-refractivity contribution >= 4 is 44.6 Å². The van der Waals surface area contributed by atoms with Crippen molar-refractivity contribution in [2.45, 2.75) is 30.7 Å². The van der Waals surface area contributed by atoms with E-state index < -0.39 is 10.0 Å². The van der Waals surface area contributed by atoms with Gasteiger partial charge in [-0.1, -0.05) is 42.6 Å².